The summed E-state index contributed by atoms with van der Waals surface area (Å²) in [5.74, 6) is -0.890. The number of rotatable bonds is 2. The van der Waals surface area contributed by atoms with Crippen molar-refractivity contribution in [3.63, 3.8) is 0 Å². The highest BCUT2D eigenvalue weighted by molar-refractivity contribution is 5.95. The Morgan fingerprint density at radius 1 is 1.41 bits per heavy atom. The summed E-state index contributed by atoms with van der Waals surface area (Å²) in [6.07, 6.45) is 0.0355. The zero-order valence-corrected chi connectivity index (χ0v) is 9.93. The molecule has 1 N–H and O–H groups in total. The summed E-state index contributed by atoms with van der Waals surface area (Å²) >= 11 is 0. The molecule has 0 aliphatic carbocycles. The molecule has 1 heterocycles. The molecule has 0 saturated heterocycles. The lowest BCUT2D eigenvalue weighted by molar-refractivity contribution is -0.138. The maximum Gasteiger partial charge on any atom is 0.304 e. The summed E-state index contributed by atoms with van der Waals surface area (Å²) in [6.45, 7) is 3.83. The van der Waals surface area contributed by atoms with Crippen molar-refractivity contribution in [1.29, 1.82) is 0 Å². The van der Waals surface area contributed by atoms with Gasteiger partial charge in [-0.3, -0.25) is 9.59 Å². The van der Waals surface area contributed by atoms with E-state index in [4.69, 9.17) is 5.11 Å². The predicted octanol–water partition coefficient (Wildman–Crippen LogP) is 1.79. The number of hydrogen-bond donors (Lipinski definition) is 1. The summed E-state index contributed by atoms with van der Waals surface area (Å²) in [7, 11) is 0. The van der Waals surface area contributed by atoms with Gasteiger partial charge in [0.1, 0.15) is 0 Å². The molecule has 4 nitrogen and oxygen atoms in total. The van der Waals surface area contributed by atoms with Crippen LogP contribution in [0, 0.1) is 0 Å². The van der Waals surface area contributed by atoms with E-state index in [1.54, 1.807) is 4.90 Å². The number of aliphatic carboxylic acids is 1. The second kappa shape index (κ2) is 3.87. The molecule has 4 heteroatoms. The molecule has 17 heavy (non-hydrogen) atoms. The van der Waals surface area contributed by atoms with Crippen LogP contribution in [-0.4, -0.2) is 23.5 Å². The van der Waals surface area contributed by atoms with Crippen molar-refractivity contribution in [2.75, 3.05) is 11.4 Å². The summed E-state index contributed by atoms with van der Waals surface area (Å²) in [6, 6.07) is 7.51. The first-order chi connectivity index (χ1) is 7.94. The summed E-state index contributed by atoms with van der Waals surface area (Å²) in [5.41, 5.74) is 1.29. The molecular formula is C13H15NO3. The van der Waals surface area contributed by atoms with Crippen LogP contribution in [-0.2, 0) is 15.0 Å². The van der Waals surface area contributed by atoms with Gasteiger partial charge in [0.05, 0.1) is 6.42 Å². The highest BCUT2D eigenvalue weighted by Crippen LogP contribution is 2.42. The minimum absolute atomic E-state index is 0.0355. The molecule has 90 valence electrons. The molecule has 2 rings (SSSR count). The first-order valence-electron chi connectivity index (χ1n) is 5.53. The molecule has 1 amide bonds. The molecule has 0 fully saturated rings. The highest BCUT2D eigenvalue weighted by Gasteiger charge is 2.41. The summed E-state index contributed by atoms with van der Waals surface area (Å²) < 4.78 is 0. The number of nitrogens with zero attached hydrogens (tertiary/aromatic N) is 1. The van der Waals surface area contributed by atoms with Crippen LogP contribution in [0.4, 0.5) is 5.69 Å². The van der Waals surface area contributed by atoms with Crippen molar-refractivity contribution in [2.45, 2.75) is 25.7 Å². The third kappa shape index (κ3) is 1.90. The number of anilines is 1. The standard InChI is InChI=1S/C13H15NO3/c1-9(15)14-8-13(2,7-12(16)17)10-5-3-4-6-11(10)14/h3-6H,7-8H2,1-2H3,(H,16,17). The topological polar surface area (TPSA) is 57.6 Å². The maximum atomic E-state index is 11.6. The fourth-order valence-corrected chi connectivity index (χ4v) is 2.50. The maximum absolute atomic E-state index is 11.6. The van der Waals surface area contributed by atoms with Gasteiger partial charge < -0.3 is 10.0 Å². The van der Waals surface area contributed by atoms with Crippen molar-refractivity contribution in [3.8, 4) is 0 Å². The number of amides is 1. The van der Waals surface area contributed by atoms with Crippen LogP contribution < -0.4 is 4.90 Å². The number of fused-ring (bicyclic) bond motifs is 1. The second-order valence-corrected chi connectivity index (χ2v) is 4.75. The second-order valence-electron chi connectivity index (χ2n) is 4.75. The zero-order chi connectivity index (χ0) is 12.6. The van der Waals surface area contributed by atoms with Crippen LogP contribution in [0.15, 0.2) is 24.3 Å². The van der Waals surface area contributed by atoms with E-state index < -0.39 is 11.4 Å². The van der Waals surface area contributed by atoms with Crippen molar-refractivity contribution in [3.05, 3.63) is 29.8 Å². The molecule has 0 aromatic heterocycles. The van der Waals surface area contributed by atoms with Crippen LogP contribution >= 0.6 is 0 Å². The van der Waals surface area contributed by atoms with Crippen LogP contribution in [0.25, 0.3) is 0 Å². The molecule has 0 bridgehead atoms. The van der Waals surface area contributed by atoms with E-state index >= 15 is 0 Å². The lowest BCUT2D eigenvalue weighted by Gasteiger charge is -2.23. The lowest BCUT2D eigenvalue weighted by atomic mass is 9.81. The molecule has 1 aliphatic heterocycles. The summed E-state index contributed by atoms with van der Waals surface area (Å²) in [5, 5.41) is 8.99. The predicted molar refractivity (Wildman–Crippen MR) is 64.1 cm³/mol. The minimum Gasteiger partial charge on any atom is -0.481 e. The molecule has 0 radical (unpaired) electrons. The first-order valence-corrected chi connectivity index (χ1v) is 5.53. The zero-order valence-electron chi connectivity index (χ0n) is 9.93. The largest absolute Gasteiger partial charge is 0.481 e. The number of para-hydroxylation sites is 1. The number of carboxylic acids is 1. The Balaban J connectivity index is 2.47. The Hall–Kier alpha value is -1.84. The fourth-order valence-electron chi connectivity index (χ4n) is 2.50. The Morgan fingerprint density at radius 2 is 2.06 bits per heavy atom. The number of carbonyl (C=O) groups excluding carboxylic acids is 1. The van der Waals surface area contributed by atoms with Crippen LogP contribution in [0.1, 0.15) is 25.8 Å². The normalized spacial score (nSPS) is 22.4. The van der Waals surface area contributed by atoms with Gasteiger partial charge in [0.25, 0.3) is 0 Å². The third-order valence-corrected chi connectivity index (χ3v) is 3.27. The Bertz CT molecular complexity index is 483. The van der Waals surface area contributed by atoms with Crippen LogP contribution in [0.3, 0.4) is 0 Å². The smallest absolute Gasteiger partial charge is 0.304 e. The van der Waals surface area contributed by atoms with E-state index in [1.807, 2.05) is 31.2 Å². The molecule has 1 unspecified atom stereocenters. The first kappa shape index (κ1) is 11.6. The van der Waals surface area contributed by atoms with Gasteiger partial charge in [-0.25, -0.2) is 0 Å². The van der Waals surface area contributed by atoms with Crippen LogP contribution in [0.5, 0.6) is 0 Å². The monoisotopic (exact) mass is 233 g/mol. The highest BCUT2D eigenvalue weighted by atomic mass is 16.4. The Labute approximate surface area is 99.9 Å². The SMILES string of the molecule is CC(=O)N1CC(C)(CC(=O)O)c2ccccc21. The van der Waals surface area contributed by atoms with Crippen molar-refractivity contribution < 1.29 is 14.7 Å². The fraction of sp³-hybridized carbons (Fsp3) is 0.385. The number of carboxylic acid groups (broad SMARTS) is 1. The van der Waals surface area contributed by atoms with Crippen molar-refractivity contribution >= 4 is 17.6 Å². The van der Waals surface area contributed by atoms with Gasteiger partial charge >= 0.3 is 5.97 Å². The molecular weight excluding hydrogens is 218 g/mol. The Morgan fingerprint density at radius 3 is 2.65 bits per heavy atom. The Kier molecular flexibility index (Phi) is 2.65. The van der Waals surface area contributed by atoms with Crippen molar-refractivity contribution in [1.82, 2.24) is 0 Å². The quantitative estimate of drug-likeness (QED) is 0.847. The van der Waals surface area contributed by atoms with Crippen molar-refractivity contribution in [2.24, 2.45) is 0 Å². The van der Waals surface area contributed by atoms with Gasteiger partial charge in [0.15, 0.2) is 0 Å². The number of hydrogen-bond acceptors (Lipinski definition) is 2. The average Bonchev–Trinajstić information content (AvgIpc) is 2.52. The van der Waals surface area contributed by atoms with Gasteiger partial charge in [-0.1, -0.05) is 25.1 Å². The lowest BCUT2D eigenvalue weighted by Crippen LogP contribution is -2.35. The minimum atomic E-state index is -0.840. The molecule has 0 spiro atoms. The van der Waals surface area contributed by atoms with E-state index in [2.05, 4.69) is 0 Å². The molecule has 1 aliphatic rings. The number of carbonyl (C=O) groups is 2. The molecule has 1 aromatic carbocycles. The number of benzene rings is 1. The van der Waals surface area contributed by atoms with E-state index in [9.17, 15) is 9.59 Å². The van der Waals surface area contributed by atoms with Crippen LogP contribution in [0.2, 0.25) is 0 Å². The van der Waals surface area contributed by atoms with Gasteiger partial charge in [0, 0.05) is 24.6 Å². The van der Waals surface area contributed by atoms with E-state index in [0.717, 1.165) is 11.3 Å². The molecule has 1 atom stereocenters. The van der Waals surface area contributed by atoms with Gasteiger partial charge in [-0.2, -0.15) is 0 Å². The summed E-state index contributed by atoms with van der Waals surface area (Å²) in [4.78, 5) is 24.2. The van der Waals surface area contributed by atoms with E-state index in [1.165, 1.54) is 6.92 Å². The average molecular weight is 233 g/mol. The molecule has 0 saturated carbocycles. The van der Waals surface area contributed by atoms with E-state index in [-0.39, 0.29) is 12.3 Å². The molecule has 1 aromatic rings. The van der Waals surface area contributed by atoms with Gasteiger partial charge in [-0.15, -0.1) is 0 Å². The van der Waals surface area contributed by atoms with Gasteiger partial charge in [-0.05, 0) is 11.6 Å². The van der Waals surface area contributed by atoms with E-state index in [0.29, 0.717) is 6.54 Å². The third-order valence-electron chi connectivity index (χ3n) is 3.27. The van der Waals surface area contributed by atoms with Gasteiger partial charge in [0.2, 0.25) is 5.91 Å².